The lowest BCUT2D eigenvalue weighted by Crippen LogP contribution is -2.39. The van der Waals surface area contributed by atoms with Crippen LogP contribution in [0.4, 0.5) is 0 Å². The maximum atomic E-state index is 11.4. The molecule has 0 unspecified atom stereocenters. The molecule has 0 radical (unpaired) electrons. The van der Waals surface area contributed by atoms with E-state index in [1.165, 1.54) is 0 Å². The first-order chi connectivity index (χ1) is 9.65. The fourth-order valence-corrected chi connectivity index (χ4v) is 2.22. The molecule has 3 rings (SSSR count). The number of benzene rings is 2. The highest BCUT2D eigenvalue weighted by Gasteiger charge is 2.38. The number of hydrogen-bond acceptors (Lipinski definition) is 3. The van der Waals surface area contributed by atoms with Crippen LogP contribution >= 0.6 is 0 Å². The lowest BCUT2D eigenvalue weighted by molar-refractivity contribution is -0.151. The second kappa shape index (κ2) is 4.89. The number of aryl methyl sites for hydroxylation is 1. The van der Waals surface area contributed by atoms with Crippen LogP contribution in [0.25, 0.3) is 0 Å². The third-order valence-corrected chi connectivity index (χ3v) is 3.28. The van der Waals surface area contributed by atoms with E-state index in [9.17, 15) is 9.90 Å². The topological polar surface area (TPSA) is 55.8 Å². The molecular formula is C16H14O4. The summed E-state index contributed by atoms with van der Waals surface area (Å²) in [7, 11) is 0. The molecule has 1 aliphatic rings. The maximum Gasteiger partial charge on any atom is 0.349 e. The Bertz CT molecular complexity index is 633. The third-order valence-electron chi connectivity index (χ3n) is 3.28. The molecule has 0 saturated heterocycles. The SMILES string of the molecule is Cc1ccc([C@H]2Oc3ccccc3O[C@@H]2C(=O)O)cc1. The zero-order valence-electron chi connectivity index (χ0n) is 10.9. The van der Waals surface area contributed by atoms with Gasteiger partial charge in [-0.1, -0.05) is 42.0 Å². The molecule has 1 heterocycles. The monoisotopic (exact) mass is 270 g/mol. The van der Waals surface area contributed by atoms with Gasteiger partial charge in [-0.05, 0) is 24.6 Å². The van der Waals surface area contributed by atoms with E-state index < -0.39 is 18.2 Å². The maximum absolute atomic E-state index is 11.4. The van der Waals surface area contributed by atoms with Crippen molar-refractivity contribution in [2.45, 2.75) is 19.1 Å². The van der Waals surface area contributed by atoms with Crippen LogP contribution in [0.15, 0.2) is 48.5 Å². The minimum absolute atomic E-state index is 0.461. The quantitative estimate of drug-likeness (QED) is 0.911. The van der Waals surface area contributed by atoms with Crippen molar-refractivity contribution in [3.05, 3.63) is 59.7 Å². The summed E-state index contributed by atoms with van der Waals surface area (Å²) in [4.78, 5) is 11.4. The summed E-state index contributed by atoms with van der Waals surface area (Å²) in [5.74, 6) is -0.0103. The molecule has 1 N–H and O–H groups in total. The summed E-state index contributed by atoms with van der Waals surface area (Å²) >= 11 is 0. The summed E-state index contributed by atoms with van der Waals surface area (Å²) in [5.41, 5.74) is 1.90. The molecule has 0 bridgehead atoms. The summed E-state index contributed by atoms with van der Waals surface area (Å²) in [6.07, 6.45) is -1.70. The lowest BCUT2D eigenvalue weighted by atomic mass is 10.0. The van der Waals surface area contributed by atoms with Crippen LogP contribution in [0.1, 0.15) is 17.2 Å². The minimum Gasteiger partial charge on any atom is -0.478 e. The predicted octanol–water partition coefficient (Wildman–Crippen LogP) is 2.96. The smallest absolute Gasteiger partial charge is 0.349 e. The standard InChI is InChI=1S/C16H14O4/c1-10-6-8-11(9-7-10)14-15(16(17)18)20-13-5-3-2-4-12(13)19-14/h2-9,14-15H,1H3,(H,17,18)/t14-,15+/m1/s1. The number of fused-ring (bicyclic) bond motifs is 1. The number of carboxylic acid groups (broad SMARTS) is 1. The van der Waals surface area contributed by atoms with Crippen LogP contribution in [-0.2, 0) is 4.79 Å². The molecule has 2 aromatic rings. The Hall–Kier alpha value is -2.49. The fourth-order valence-electron chi connectivity index (χ4n) is 2.22. The molecule has 2 aromatic carbocycles. The normalized spacial score (nSPS) is 20.4. The van der Waals surface area contributed by atoms with E-state index in [1.54, 1.807) is 18.2 Å². The van der Waals surface area contributed by atoms with Gasteiger partial charge in [-0.3, -0.25) is 0 Å². The number of hydrogen-bond donors (Lipinski definition) is 1. The Morgan fingerprint density at radius 2 is 1.60 bits per heavy atom. The average Bonchev–Trinajstić information content (AvgIpc) is 2.46. The molecule has 2 atom stereocenters. The number of aliphatic carboxylic acids is 1. The molecule has 1 aliphatic heterocycles. The van der Waals surface area contributed by atoms with Crippen molar-refractivity contribution < 1.29 is 19.4 Å². The highest BCUT2D eigenvalue weighted by atomic mass is 16.6. The number of carboxylic acids is 1. The van der Waals surface area contributed by atoms with Gasteiger partial charge in [0.25, 0.3) is 0 Å². The van der Waals surface area contributed by atoms with Gasteiger partial charge in [0.2, 0.25) is 6.10 Å². The Morgan fingerprint density at radius 1 is 1.00 bits per heavy atom. The molecule has 0 fully saturated rings. The van der Waals surface area contributed by atoms with E-state index in [1.807, 2.05) is 37.3 Å². The molecule has 0 aliphatic carbocycles. The first-order valence-corrected chi connectivity index (χ1v) is 6.37. The van der Waals surface area contributed by atoms with Crippen molar-refractivity contribution in [2.24, 2.45) is 0 Å². The van der Waals surface area contributed by atoms with E-state index in [2.05, 4.69) is 0 Å². The van der Waals surface area contributed by atoms with Gasteiger partial charge in [0.1, 0.15) is 0 Å². The van der Waals surface area contributed by atoms with Crippen molar-refractivity contribution in [3.8, 4) is 11.5 Å². The zero-order chi connectivity index (χ0) is 14.1. The van der Waals surface area contributed by atoms with Crippen molar-refractivity contribution in [3.63, 3.8) is 0 Å². The average molecular weight is 270 g/mol. The first kappa shape index (κ1) is 12.5. The zero-order valence-corrected chi connectivity index (χ0v) is 10.9. The fraction of sp³-hybridized carbons (Fsp3) is 0.188. The summed E-state index contributed by atoms with van der Waals surface area (Å²) < 4.78 is 11.4. The summed E-state index contributed by atoms with van der Waals surface area (Å²) in [6, 6.07) is 14.7. The van der Waals surface area contributed by atoms with E-state index in [0.29, 0.717) is 11.5 Å². The minimum atomic E-state index is -1.05. The van der Waals surface area contributed by atoms with Gasteiger partial charge < -0.3 is 14.6 Å². The van der Waals surface area contributed by atoms with Crippen LogP contribution in [0.5, 0.6) is 11.5 Å². The second-order valence-electron chi connectivity index (χ2n) is 4.77. The van der Waals surface area contributed by atoms with E-state index in [4.69, 9.17) is 9.47 Å². The highest BCUT2D eigenvalue weighted by molar-refractivity contribution is 5.74. The molecule has 0 amide bonds. The van der Waals surface area contributed by atoms with Gasteiger partial charge in [-0.2, -0.15) is 0 Å². The molecular weight excluding hydrogens is 256 g/mol. The van der Waals surface area contributed by atoms with Gasteiger partial charge in [-0.15, -0.1) is 0 Å². The summed E-state index contributed by atoms with van der Waals surface area (Å²) in [6.45, 7) is 1.98. The van der Waals surface area contributed by atoms with E-state index >= 15 is 0 Å². The molecule has 102 valence electrons. The first-order valence-electron chi connectivity index (χ1n) is 6.37. The largest absolute Gasteiger partial charge is 0.478 e. The van der Waals surface area contributed by atoms with E-state index in [-0.39, 0.29) is 0 Å². The van der Waals surface area contributed by atoms with Crippen molar-refractivity contribution in [1.82, 2.24) is 0 Å². The molecule has 0 spiro atoms. The Balaban J connectivity index is 2.00. The van der Waals surface area contributed by atoms with Crippen LogP contribution < -0.4 is 9.47 Å². The van der Waals surface area contributed by atoms with Crippen molar-refractivity contribution in [2.75, 3.05) is 0 Å². The summed E-state index contributed by atoms with van der Waals surface area (Å²) in [5, 5.41) is 9.35. The Labute approximate surface area is 116 Å². The Kier molecular flexibility index (Phi) is 3.06. The number of ether oxygens (including phenoxy) is 2. The Morgan fingerprint density at radius 3 is 2.20 bits per heavy atom. The van der Waals surface area contributed by atoms with Crippen LogP contribution in [-0.4, -0.2) is 17.2 Å². The molecule has 0 aromatic heterocycles. The number of rotatable bonds is 2. The lowest BCUT2D eigenvalue weighted by Gasteiger charge is -2.31. The van der Waals surface area contributed by atoms with Gasteiger partial charge in [-0.25, -0.2) is 4.79 Å². The molecule has 4 nitrogen and oxygen atoms in total. The molecule has 4 heteroatoms. The predicted molar refractivity (Wildman–Crippen MR) is 73.0 cm³/mol. The third kappa shape index (κ3) is 2.20. The van der Waals surface area contributed by atoms with Crippen LogP contribution in [0.2, 0.25) is 0 Å². The van der Waals surface area contributed by atoms with Crippen LogP contribution in [0, 0.1) is 6.92 Å². The number of para-hydroxylation sites is 2. The molecule has 0 saturated carbocycles. The van der Waals surface area contributed by atoms with Gasteiger partial charge >= 0.3 is 5.97 Å². The highest BCUT2D eigenvalue weighted by Crippen LogP contribution is 2.39. The van der Waals surface area contributed by atoms with Crippen molar-refractivity contribution in [1.29, 1.82) is 0 Å². The molecule has 20 heavy (non-hydrogen) atoms. The second-order valence-corrected chi connectivity index (χ2v) is 4.77. The van der Waals surface area contributed by atoms with Gasteiger partial charge in [0, 0.05) is 0 Å². The van der Waals surface area contributed by atoms with Gasteiger partial charge in [0.15, 0.2) is 17.6 Å². The van der Waals surface area contributed by atoms with Gasteiger partial charge in [0.05, 0.1) is 0 Å². The van der Waals surface area contributed by atoms with E-state index in [0.717, 1.165) is 11.1 Å². The number of carbonyl (C=O) groups is 1. The van der Waals surface area contributed by atoms with Crippen LogP contribution in [0.3, 0.4) is 0 Å². The van der Waals surface area contributed by atoms with Crippen molar-refractivity contribution >= 4 is 5.97 Å².